The Kier molecular flexibility index (Phi) is 4.90. The van der Waals surface area contributed by atoms with Gasteiger partial charge < -0.3 is 20.4 Å². The maximum absolute atomic E-state index is 12.5. The first kappa shape index (κ1) is 17.9. The van der Waals surface area contributed by atoms with Crippen molar-refractivity contribution in [2.45, 2.75) is 27.3 Å². The van der Waals surface area contributed by atoms with Crippen LogP contribution in [0, 0.1) is 20.8 Å². The number of anilines is 2. The first-order valence-corrected chi connectivity index (χ1v) is 8.41. The van der Waals surface area contributed by atoms with E-state index in [0.29, 0.717) is 17.9 Å². The molecule has 7 heteroatoms. The molecule has 0 bridgehead atoms. The highest BCUT2D eigenvalue weighted by Gasteiger charge is 2.14. The Morgan fingerprint density at radius 1 is 1.31 bits per heavy atom. The molecule has 136 valence electrons. The van der Waals surface area contributed by atoms with Gasteiger partial charge in [0, 0.05) is 42.1 Å². The Labute approximate surface area is 152 Å². The van der Waals surface area contributed by atoms with Crippen molar-refractivity contribution in [3.63, 3.8) is 0 Å². The number of nitrogens with one attached hydrogen (secondary N) is 1. The highest BCUT2D eigenvalue weighted by molar-refractivity contribution is 6.05. The normalized spacial score (nSPS) is 11.1. The predicted octanol–water partition coefficient (Wildman–Crippen LogP) is 2.84. The summed E-state index contributed by atoms with van der Waals surface area (Å²) in [5.74, 6) is -0.0981. The van der Waals surface area contributed by atoms with Crippen molar-refractivity contribution >= 4 is 28.4 Å². The number of nitrogens with zero attached hydrogens (tertiary/aromatic N) is 3. The fourth-order valence-electron chi connectivity index (χ4n) is 3.10. The maximum Gasteiger partial charge on any atom is 0.259 e. The smallest absolute Gasteiger partial charge is 0.259 e. The zero-order valence-corrected chi connectivity index (χ0v) is 15.5. The van der Waals surface area contributed by atoms with E-state index in [9.17, 15) is 4.79 Å². The van der Waals surface area contributed by atoms with Crippen LogP contribution in [0.25, 0.3) is 10.9 Å². The van der Waals surface area contributed by atoms with Crippen LogP contribution < -0.4 is 11.1 Å². The second-order valence-corrected chi connectivity index (χ2v) is 6.27. The second kappa shape index (κ2) is 7.13. The number of aromatic nitrogens is 3. The van der Waals surface area contributed by atoms with Crippen LogP contribution in [-0.4, -0.2) is 34.2 Å². The number of nitrogens with two attached hydrogens (primary N) is 1. The fraction of sp³-hybridized carbons (Fsp3) is 0.316. The molecule has 0 spiro atoms. The van der Waals surface area contributed by atoms with Gasteiger partial charge in [0.1, 0.15) is 0 Å². The number of fused-ring (bicyclic) bond motifs is 1. The Bertz CT molecular complexity index is 978. The number of amides is 1. The number of nitrogen functional groups attached to an aromatic ring is 1. The third-order valence-corrected chi connectivity index (χ3v) is 4.66. The molecular formula is C19H23N5O2. The summed E-state index contributed by atoms with van der Waals surface area (Å²) in [4.78, 5) is 20.5. The Morgan fingerprint density at radius 2 is 2.08 bits per heavy atom. The van der Waals surface area contributed by atoms with Gasteiger partial charge >= 0.3 is 0 Å². The molecule has 0 aliphatic heterocycles. The molecule has 0 radical (unpaired) electrons. The summed E-state index contributed by atoms with van der Waals surface area (Å²) in [6, 6.07) is 5.91. The molecule has 26 heavy (non-hydrogen) atoms. The lowest BCUT2D eigenvalue weighted by Gasteiger charge is -2.09. The summed E-state index contributed by atoms with van der Waals surface area (Å²) < 4.78 is 7.44. The standard InChI is InChI=1S/C19H23N5O2/c1-11-13(3)24(7-8-26-4)17-6-5-14(9-15(11)17)23-18(25)16-10-21-19(20)22-12(16)2/h5-6,9-10H,7-8H2,1-4H3,(H,23,25)(H2,20,21,22). The number of ether oxygens (including phenoxy) is 1. The highest BCUT2D eigenvalue weighted by Crippen LogP contribution is 2.28. The second-order valence-electron chi connectivity index (χ2n) is 6.27. The van der Waals surface area contributed by atoms with Crippen LogP contribution >= 0.6 is 0 Å². The first-order chi connectivity index (χ1) is 12.4. The van der Waals surface area contributed by atoms with Gasteiger partial charge in [-0.2, -0.15) is 0 Å². The molecule has 0 atom stereocenters. The van der Waals surface area contributed by atoms with E-state index in [0.717, 1.165) is 23.1 Å². The van der Waals surface area contributed by atoms with Crippen molar-refractivity contribution in [1.82, 2.24) is 14.5 Å². The van der Waals surface area contributed by atoms with Crippen LogP contribution in [0.2, 0.25) is 0 Å². The van der Waals surface area contributed by atoms with Gasteiger partial charge in [0.15, 0.2) is 0 Å². The van der Waals surface area contributed by atoms with Crippen LogP contribution in [0.3, 0.4) is 0 Å². The Morgan fingerprint density at radius 3 is 2.77 bits per heavy atom. The SMILES string of the molecule is COCCn1c(C)c(C)c2cc(NC(=O)c3cnc(N)nc3C)ccc21. The number of hydrogen-bond acceptors (Lipinski definition) is 5. The average Bonchev–Trinajstić information content (AvgIpc) is 2.84. The minimum absolute atomic E-state index is 0.156. The van der Waals surface area contributed by atoms with Crippen molar-refractivity contribution in [2.75, 3.05) is 24.8 Å². The number of rotatable bonds is 5. The zero-order chi connectivity index (χ0) is 18.8. The molecule has 3 N–H and O–H groups in total. The Balaban J connectivity index is 1.92. The average molecular weight is 353 g/mol. The van der Waals surface area contributed by atoms with Gasteiger partial charge in [0.2, 0.25) is 5.95 Å². The van der Waals surface area contributed by atoms with Crippen molar-refractivity contribution < 1.29 is 9.53 Å². The van der Waals surface area contributed by atoms with Gasteiger partial charge in [0.25, 0.3) is 5.91 Å². The number of carbonyl (C=O) groups excluding carboxylic acids is 1. The molecule has 0 aliphatic carbocycles. The number of aryl methyl sites for hydroxylation is 2. The summed E-state index contributed by atoms with van der Waals surface area (Å²) in [7, 11) is 1.70. The van der Waals surface area contributed by atoms with Crippen LogP contribution in [-0.2, 0) is 11.3 Å². The third kappa shape index (κ3) is 3.25. The van der Waals surface area contributed by atoms with Gasteiger partial charge in [-0.25, -0.2) is 9.97 Å². The molecule has 1 aromatic carbocycles. The fourth-order valence-corrected chi connectivity index (χ4v) is 3.10. The van der Waals surface area contributed by atoms with E-state index in [1.54, 1.807) is 14.0 Å². The van der Waals surface area contributed by atoms with E-state index < -0.39 is 0 Å². The molecule has 2 heterocycles. The molecule has 0 saturated carbocycles. The van der Waals surface area contributed by atoms with Crippen LogP contribution in [0.1, 0.15) is 27.3 Å². The van der Waals surface area contributed by atoms with E-state index in [4.69, 9.17) is 10.5 Å². The van der Waals surface area contributed by atoms with Crippen molar-refractivity contribution in [1.29, 1.82) is 0 Å². The molecular weight excluding hydrogens is 330 g/mol. The van der Waals surface area contributed by atoms with E-state index in [1.807, 2.05) is 18.2 Å². The van der Waals surface area contributed by atoms with Crippen molar-refractivity contribution in [3.05, 3.63) is 46.9 Å². The topological polar surface area (TPSA) is 95.1 Å². The lowest BCUT2D eigenvalue weighted by atomic mass is 10.1. The van der Waals surface area contributed by atoms with Gasteiger partial charge in [-0.1, -0.05) is 0 Å². The number of hydrogen-bond donors (Lipinski definition) is 2. The van der Waals surface area contributed by atoms with Crippen molar-refractivity contribution in [3.8, 4) is 0 Å². The summed E-state index contributed by atoms with van der Waals surface area (Å²) in [6.07, 6.45) is 1.45. The monoisotopic (exact) mass is 353 g/mol. The van der Waals surface area contributed by atoms with E-state index in [2.05, 4.69) is 33.7 Å². The molecule has 0 aliphatic rings. The molecule has 2 aromatic heterocycles. The number of benzene rings is 1. The zero-order valence-electron chi connectivity index (χ0n) is 15.5. The molecule has 3 aromatic rings. The van der Waals surface area contributed by atoms with Gasteiger partial charge in [-0.15, -0.1) is 0 Å². The first-order valence-electron chi connectivity index (χ1n) is 8.41. The lowest BCUT2D eigenvalue weighted by Crippen LogP contribution is -2.15. The predicted molar refractivity (Wildman–Crippen MR) is 102 cm³/mol. The summed E-state index contributed by atoms with van der Waals surface area (Å²) in [6.45, 7) is 7.36. The van der Waals surface area contributed by atoms with Gasteiger partial charge in [0.05, 0.1) is 17.9 Å². The van der Waals surface area contributed by atoms with Crippen LogP contribution in [0.15, 0.2) is 24.4 Å². The molecule has 7 nitrogen and oxygen atoms in total. The van der Waals surface area contributed by atoms with E-state index >= 15 is 0 Å². The molecule has 3 rings (SSSR count). The van der Waals surface area contributed by atoms with Gasteiger partial charge in [-0.05, 0) is 44.5 Å². The summed E-state index contributed by atoms with van der Waals surface area (Å²) in [5, 5.41) is 4.03. The van der Waals surface area contributed by atoms with E-state index in [-0.39, 0.29) is 11.9 Å². The summed E-state index contributed by atoms with van der Waals surface area (Å²) in [5.41, 5.74) is 10.7. The largest absolute Gasteiger partial charge is 0.383 e. The minimum atomic E-state index is -0.255. The highest BCUT2D eigenvalue weighted by atomic mass is 16.5. The third-order valence-electron chi connectivity index (χ3n) is 4.66. The minimum Gasteiger partial charge on any atom is -0.383 e. The summed E-state index contributed by atoms with van der Waals surface area (Å²) >= 11 is 0. The maximum atomic E-state index is 12.5. The van der Waals surface area contributed by atoms with Crippen molar-refractivity contribution in [2.24, 2.45) is 0 Å². The number of carbonyl (C=O) groups is 1. The molecule has 0 saturated heterocycles. The quantitative estimate of drug-likeness (QED) is 0.735. The van der Waals surface area contributed by atoms with Gasteiger partial charge in [-0.3, -0.25) is 4.79 Å². The van der Waals surface area contributed by atoms with Crippen LogP contribution in [0.4, 0.5) is 11.6 Å². The Hall–Kier alpha value is -2.93. The van der Waals surface area contributed by atoms with E-state index in [1.165, 1.54) is 17.5 Å². The van der Waals surface area contributed by atoms with Crippen LogP contribution in [0.5, 0.6) is 0 Å². The molecule has 0 unspecified atom stereocenters. The molecule has 1 amide bonds. The number of methoxy groups -OCH3 is 1. The lowest BCUT2D eigenvalue weighted by molar-refractivity contribution is 0.102. The molecule has 0 fully saturated rings.